The van der Waals surface area contributed by atoms with Crippen molar-refractivity contribution in [2.24, 2.45) is 0 Å². The summed E-state index contributed by atoms with van der Waals surface area (Å²) in [5, 5.41) is 6.20. The number of nitrogens with one attached hydrogen (secondary N) is 1. The fraction of sp³-hybridized carbons (Fsp3) is 0.353. The van der Waals surface area contributed by atoms with E-state index in [0.717, 1.165) is 40.9 Å². The van der Waals surface area contributed by atoms with Gasteiger partial charge in [-0.3, -0.25) is 19.0 Å². The lowest BCUT2D eigenvalue weighted by molar-refractivity contribution is -0.144. The molecule has 1 amide bonds. The van der Waals surface area contributed by atoms with Crippen molar-refractivity contribution in [1.29, 1.82) is 0 Å². The minimum Gasteiger partial charge on any atom is -0.468 e. The van der Waals surface area contributed by atoms with E-state index in [-0.39, 0.29) is 23.9 Å². The zero-order valence-electron chi connectivity index (χ0n) is 25.6. The molecule has 0 radical (unpaired) electrons. The summed E-state index contributed by atoms with van der Waals surface area (Å²) in [7, 11) is 1.34. The Morgan fingerprint density at radius 3 is 2.41 bits per heavy atom. The lowest BCUT2D eigenvalue weighted by atomic mass is 9.96. The third kappa shape index (κ3) is 6.09. The number of piperazine rings is 1. The van der Waals surface area contributed by atoms with Gasteiger partial charge in [-0.25, -0.2) is 4.98 Å². The van der Waals surface area contributed by atoms with Crippen LogP contribution in [0, 0.1) is 0 Å². The number of carbonyl (C=O) groups is 2. The van der Waals surface area contributed by atoms with Crippen molar-refractivity contribution >= 4 is 34.8 Å². The first kappa shape index (κ1) is 31.6. The molecule has 0 spiro atoms. The smallest absolute Gasteiger partial charge is 0.324 e. The highest BCUT2D eigenvalue weighted by atomic mass is 35.5. The second kappa shape index (κ2) is 13.5. The maximum absolute atomic E-state index is 14.7. The number of carbonyl (C=O) groups excluding carboxylic acids is 2. The summed E-state index contributed by atoms with van der Waals surface area (Å²) < 4.78 is 6.71. The minimum atomic E-state index is -0.626. The topological polar surface area (TPSA) is 93.5 Å². The highest BCUT2D eigenvalue weighted by Gasteiger charge is 2.33. The maximum Gasteiger partial charge on any atom is 0.324 e. The molecule has 2 aromatic heterocycles. The van der Waals surface area contributed by atoms with Crippen LogP contribution < -0.4 is 10.9 Å². The third-order valence-corrected chi connectivity index (χ3v) is 9.16. The van der Waals surface area contributed by atoms with Gasteiger partial charge in [0.15, 0.2) is 0 Å². The van der Waals surface area contributed by atoms with E-state index in [1.54, 1.807) is 27.7 Å². The largest absolute Gasteiger partial charge is 0.468 e. The molecule has 8 nitrogen and oxygen atoms in total. The van der Waals surface area contributed by atoms with E-state index < -0.39 is 12.0 Å². The Hall–Kier alpha value is -3.79. The number of aryl methyl sites for hydroxylation is 2. The molecule has 1 N–H and O–H groups in total. The number of ether oxygens (including phenoxy) is 1. The van der Waals surface area contributed by atoms with Crippen molar-refractivity contribution in [3.63, 3.8) is 0 Å². The molecule has 2 aromatic carbocycles. The minimum absolute atomic E-state index is 0.162. The molecular formula is C34H37ClN4O4S. The van der Waals surface area contributed by atoms with Gasteiger partial charge in [-0.15, -0.1) is 11.3 Å². The molecule has 1 atom stereocenters. The summed E-state index contributed by atoms with van der Waals surface area (Å²) in [5.41, 5.74) is 5.69. The lowest BCUT2D eigenvalue weighted by Gasteiger charge is -2.33. The van der Waals surface area contributed by atoms with Gasteiger partial charge < -0.3 is 15.0 Å². The van der Waals surface area contributed by atoms with Crippen LogP contribution in [0.5, 0.6) is 0 Å². The Balaban J connectivity index is 1.76. The number of methoxy groups -OCH3 is 1. The van der Waals surface area contributed by atoms with Crippen LogP contribution in [0.15, 0.2) is 58.7 Å². The molecule has 5 rings (SSSR count). The molecule has 1 aliphatic rings. The molecule has 44 heavy (non-hydrogen) atoms. The van der Waals surface area contributed by atoms with Crippen LogP contribution in [0.25, 0.3) is 27.5 Å². The molecule has 0 aliphatic carbocycles. The average Bonchev–Trinajstić information content (AvgIpc) is 3.53. The first-order chi connectivity index (χ1) is 21.2. The Labute approximate surface area is 266 Å². The number of hydrogen-bond acceptors (Lipinski definition) is 7. The SMILES string of the molecule is CCc1cccc(CC)c1-n1c(C(C)C)c(C(=O)N2CCN[C@@H](C(=O)OC)C2)cc(-c2nc(-c3ccc(Cl)cc3)cs2)c1=O. The molecule has 230 valence electrons. The van der Waals surface area contributed by atoms with Crippen molar-refractivity contribution in [2.45, 2.75) is 52.5 Å². The molecule has 4 aromatic rings. The first-order valence-electron chi connectivity index (χ1n) is 14.9. The predicted molar refractivity (Wildman–Crippen MR) is 176 cm³/mol. The van der Waals surface area contributed by atoms with E-state index in [9.17, 15) is 14.4 Å². The zero-order valence-corrected chi connectivity index (χ0v) is 27.2. The number of thiazole rings is 1. The fourth-order valence-corrected chi connectivity index (χ4v) is 6.77. The Morgan fingerprint density at radius 2 is 1.80 bits per heavy atom. The Morgan fingerprint density at radius 1 is 1.11 bits per heavy atom. The van der Waals surface area contributed by atoms with Crippen LogP contribution in [0.2, 0.25) is 5.02 Å². The summed E-state index contributed by atoms with van der Waals surface area (Å²) in [6, 6.07) is 14.6. The van der Waals surface area contributed by atoms with Crippen molar-refractivity contribution in [1.82, 2.24) is 19.8 Å². The van der Waals surface area contributed by atoms with Crippen LogP contribution in [0.4, 0.5) is 0 Å². The van der Waals surface area contributed by atoms with E-state index in [0.29, 0.717) is 39.9 Å². The van der Waals surface area contributed by atoms with Crippen molar-refractivity contribution in [3.05, 3.63) is 91.7 Å². The van der Waals surface area contributed by atoms with Crippen LogP contribution in [0.1, 0.15) is 60.8 Å². The van der Waals surface area contributed by atoms with Gasteiger partial charge in [-0.1, -0.05) is 69.6 Å². The van der Waals surface area contributed by atoms with Gasteiger partial charge in [-0.05, 0) is 48.1 Å². The summed E-state index contributed by atoms with van der Waals surface area (Å²) in [5.74, 6) is -0.814. The van der Waals surface area contributed by atoms with Gasteiger partial charge in [0.2, 0.25) is 0 Å². The number of hydrogen-bond donors (Lipinski definition) is 1. The first-order valence-corrected chi connectivity index (χ1v) is 16.2. The molecule has 3 heterocycles. The highest BCUT2D eigenvalue weighted by Crippen LogP contribution is 2.33. The summed E-state index contributed by atoms with van der Waals surface area (Å²) in [4.78, 5) is 48.0. The van der Waals surface area contributed by atoms with Gasteiger partial charge >= 0.3 is 5.97 Å². The molecule has 1 aliphatic heterocycles. The third-order valence-electron chi connectivity index (χ3n) is 8.03. The molecule has 10 heteroatoms. The normalized spacial score (nSPS) is 15.1. The Kier molecular flexibility index (Phi) is 9.68. The number of nitrogens with zero attached hydrogens (tertiary/aromatic N) is 3. The van der Waals surface area contributed by atoms with E-state index >= 15 is 0 Å². The van der Waals surface area contributed by atoms with Crippen LogP contribution in [-0.4, -0.2) is 59.1 Å². The quantitative estimate of drug-likeness (QED) is 0.235. The number of halogens is 1. The van der Waals surface area contributed by atoms with Crippen molar-refractivity contribution in [2.75, 3.05) is 26.7 Å². The van der Waals surface area contributed by atoms with E-state index in [4.69, 9.17) is 21.3 Å². The van der Waals surface area contributed by atoms with Gasteiger partial charge in [0, 0.05) is 41.3 Å². The standard InChI is InChI=1S/C34H37ClN4O4S/c1-6-21-9-8-10-22(7-2)30(21)39-29(20(3)4)25(32(40)38-16-15-36-27(18-38)34(42)43-5)17-26(33(39)41)31-37-28(19-44-31)23-11-13-24(35)14-12-23/h8-14,17,19-20,27,36H,6-7,15-16,18H2,1-5H3/t27-/m1/s1. The number of rotatable bonds is 8. The zero-order chi connectivity index (χ0) is 31.5. The lowest BCUT2D eigenvalue weighted by Crippen LogP contribution is -2.56. The molecule has 1 saturated heterocycles. The molecule has 0 unspecified atom stereocenters. The van der Waals surface area contributed by atoms with E-state index in [1.165, 1.54) is 18.4 Å². The molecule has 1 fully saturated rings. The molecule has 0 bridgehead atoms. The fourth-order valence-electron chi connectivity index (χ4n) is 5.80. The average molecular weight is 633 g/mol. The van der Waals surface area contributed by atoms with E-state index in [2.05, 4.69) is 19.2 Å². The summed E-state index contributed by atoms with van der Waals surface area (Å²) >= 11 is 7.47. The van der Waals surface area contributed by atoms with Gasteiger partial charge in [0.05, 0.1) is 29.6 Å². The predicted octanol–water partition coefficient (Wildman–Crippen LogP) is 6.12. The highest BCUT2D eigenvalue weighted by molar-refractivity contribution is 7.13. The molecular weight excluding hydrogens is 596 g/mol. The second-order valence-electron chi connectivity index (χ2n) is 11.1. The number of amides is 1. The summed E-state index contributed by atoms with van der Waals surface area (Å²) in [6.45, 7) is 9.17. The Bertz CT molecular complexity index is 1720. The van der Waals surface area contributed by atoms with E-state index in [1.807, 2.05) is 49.6 Å². The number of esters is 1. The van der Waals surface area contributed by atoms with Crippen molar-refractivity contribution in [3.8, 4) is 27.5 Å². The molecule has 0 saturated carbocycles. The van der Waals surface area contributed by atoms with Gasteiger partial charge in [-0.2, -0.15) is 0 Å². The number of benzene rings is 2. The van der Waals surface area contributed by atoms with Crippen LogP contribution >= 0.6 is 22.9 Å². The monoisotopic (exact) mass is 632 g/mol. The van der Waals surface area contributed by atoms with Gasteiger partial charge in [0.25, 0.3) is 11.5 Å². The number of para-hydroxylation sites is 1. The second-order valence-corrected chi connectivity index (χ2v) is 12.4. The van der Waals surface area contributed by atoms with Gasteiger partial charge in [0.1, 0.15) is 11.0 Å². The van der Waals surface area contributed by atoms with Crippen LogP contribution in [0.3, 0.4) is 0 Å². The van der Waals surface area contributed by atoms with Crippen LogP contribution in [-0.2, 0) is 22.4 Å². The van der Waals surface area contributed by atoms with Crippen molar-refractivity contribution < 1.29 is 14.3 Å². The summed E-state index contributed by atoms with van der Waals surface area (Å²) in [6.07, 6.45) is 1.44. The maximum atomic E-state index is 14.7. The number of aromatic nitrogens is 2. The number of pyridine rings is 1.